The number of nitrogens with zero attached hydrogens (tertiary/aromatic N) is 1. The third-order valence-corrected chi connectivity index (χ3v) is 6.58. The number of hydrogen-bond donors (Lipinski definition) is 0. The monoisotopic (exact) mass is 333 g/mol. The topological polar surface area (TPSA) is 46.6 Å². The average Bonchev–Trinajstić information content (AvgIpc) is 2.98. The molecule has 0 spiro atoms. The molecule has 6 rings (SSSR count). The summed E-state index contributed by atoms with van der Waals surface area (Å²) >= 11 is 0. The fourth-order valence-corrected chi connectivity index (χ4v) is 5.49. The maximum absolute atomic E-state index is 12.6. The Hall–Kier alpha value is -2.62. The van der Waals surface area contributed by atoms with Gasteiger partial charge in [-0.15, -0.1) is 0 Å². The molecule has 1 heterocycles. The molecule has 0 unspecified atom stereocenters. The van der Waals surface area contributed by atoms with Gasteiger partial charge in [0.2, 0.25) is 5.91 Å². The Balaban J connectivity index is 1.92. The summed E-state index contributed by atoms with van der Waals surface area (Å²) in [6, 6.07) is 16.3. The van der Waals surface area contributed by atoms with Gasteiger partial charge in [0.25, 0.3) is 0 Å². The molecule has 1 fully saturated rings. The molecule has 126 valence electrons. The van der Waals surface area contributed by atoms with Crippen molar-refractivity contribution in [3.05, 3.63) is 70.8 Å². The Labute approximate surface area is 146 Å². The molecule has 3 aliphatic carbocycles. The van der Waals surface area contributed by atoms with E-state index >= 15 is 0 Å². The van der Waals surface area contributed by atoms with Crippen molar-refractivity contribution in [3.8, 4) is 0 Å². The molecule has 2 bridgehead atoms. The molecule has 0 aromatic heterocycles. The highest BCUT2D eigenvalue weighted by Crippen LogP contribution is 2.62. The zero-order valence-corrected chi connectivity index (χ0v) is 14.4. The Morgan fingerprint density at radius 1 is 0.920 bits per heavy atom. The van der Waals surface area contributed by atoms with E-state index < -0.39 is 16.9 Å². The minimum absolute atomic E-state index is 0.259. The van der Waals surface area contributed by atoms with Gasteiger partial charge in [-0.05, 0) is 36.1 Å². The molecule has 2 amide bonds. The van der Waals surface area contributed by atoms with Crippen molar-refractivity contribution < 1.29 is 14.3 Å². The quantitative estimate of drug-likeness (QED) is 0.743. The molecule has 2 aromatic carbocycles. The molecule has 4 heteroatoms. The number of benzene rings is 2. The number of hydrogen-bond acceptors (Lipinski definition) is 3. The minimum atomic E-state index is -0.527. The van der Waals surface area contributed by atoms with Crippen molar-refractivity contribution in [2.75, 3.05) is 0 Å². The van der Waals surface area contributed by atoms with Crippen molar-refractivity contribution >= 4 is 12.0 Å². The van der Waals surface area contributed by atoms with E-state index in [0.29, 0.717) is 0 Å². The summed E-state index contributed by atoms with van der Waals surface area (Å²) < 4.78 is 5.82. The normalized spacial score (nSPS) is 34.2. The van der Waals surface area contributed by atoms with Gasteiger partial charge in [0.15, 0.2) is 0 Å². The Morgan fingerprint density at radius 3 is 1.80 bits per heavy atom. The Morgan fingerprint density at radius 2 is 1.36 bits per heavy atom. The lowest BCUT2D eigenvalue weighted by Crippen LogP contribution is -2.66. The molecular weight excluding hydrogens is 314 g/mol. The number of amides is 2. The third-order valence-electron chi connectivity index (χ3n) is 6.58. The van der Waals surface area contributed by atoms with Gasteiger partial charge in [0.1, 0.15) is 6.10 Å². The smallest absolute Gasteiger partial charge is 0.417 e. The van der Waals surface area contributed by atoms with Gasteiger partial charge in [-0.2, -0.15) is 0 Å². The van der Waals surface area contributed by atoms with Crippen LogP contribution in [0.1, 0.15) is 43.0 Å². The number of rotatable bonds is 0. The molecule has 0 radical (unpaired) electrons. The first kappa shape index (κ1) is 14.7. The van der Waals surface area contributed by atoms with Gasteiger partial charge >= 0.3 is 6.09 Å². The summed E-state index contributed by atoms with van der Waals surface area (Å²) in [5.74, 6) is -0.259. The maximum atomic E-state index is 12.6. The number of imide groups is 1. The van der Waals surface area contributed by atoms with Gasteiger partial charge in [-0.3, -0.25) is 4.79 Å². The highest BCUT2D eigenvalue weighted by atomic mass is 16.6. The van der Waals surface area contributed by atoms with E-state index in [9.17, 15) is 9.59 Å². The molecule has 2 atom stereocenters. The Kier molecular flexibility index (Phi) is 2.54. The fraction of sp³-hybridized carbons (Fsp3) is 0.333. The second-order valence-corrected chi connectivity index (χ2v) is 7.63. The van der Waals surface area contributed by atoms with Crippen LogP contribution in [0.15, 0.2) is 48.5 Å². The van der Waals surface area contributed by atoms with Crippen LogP contribution >= 0.6 is 0 Å². The minimum Gasteiger partial charge on any atom is -0.442 e. The van der Waals surface area contributed by atoms with Crippen LogP contribution in [0.5, 0.6) is 0 Å². The second-order valence-electron chi connectivity index (χ2n) is 7.63. The highest BCUT2D eigenvalue weighted by molar-refractivity contribution is 5.94. The number of carbonyl (C=O) groups is 2. The lowest BCUT2D eigenvalue weighted by Gasteiger charge is -2.58. The third kappa shape index (κ3) is 1.41. The van der Waals surface area contributed by atoms with Crippen molar-refractivity contribution in [1.82, 2.24) is 4.90 Å². The summed E-state index contributed by atoms with van der Waals surface area (Å²) in [6.45, 7) is 5.71. The molecule has 1 aliphatic heterocycles. The standard InChI is InChI=1S/C21H19NO3/c1-12(23)22-17-18(25-19(22)24)21(3)15-10-6-4-8-13(15)20(17,2)14-9-5-7-11-16(14)21/h4-11,17-18H,1-3H3/t17-,18+,20?,21?/m1/s1. The fourth-order valence-electron chi connectivity index (χ4n) is 5.49. The highest BCUT2D eigenvalue weighted by Gasteiger charge is 2.69. The SMILES string of the molecule is CC(=O)N1C(=O)O[C@H]2[C@@H]1C1(C)c3ccccc3C2(C)c2ccccc21. The van der Waals surface area contributed by atoms with Crippen molar-refractivity contribution in [3.63, 3.8) is 0 Å². The first-order valence-electron chi connectivity index (χ1n) is 8.62. The van der Waals surface area contributed by atoms with Crippen LogP contribution in [0.25, 0.3) is 0 Å². The lowest BCUT2D eigenvalue weighted by molar-refractivity contribution is -0.128. The molecule has 25 heavy (non-hydrogen) atoms. The van der Waals surface area contributed by atoms with Gasteiger partial charge < -0.3 is 4.74 Å². The second kappa shape index (κ2) is 4.31. The van der Waals surface area contributed by atoms with Crippen molar-refractivity contribution in [1.29, 1.82) is 0 Å². The zero-order valence-electron chi connectivity index (χ0n) is 14.4. The molecule has 4 aliphatic rings. The Bertz CT molecular complexity index is 900. The largest absolute Gasteiger partial charge is 0.442 e. The molecule has 0 saturated carbocycles. The van der Waals surface area contributed by atoms with Crippen molar-refractivity contribution in [2.24, 2.45) is 0 Å². The predicted octanol–water partition coefficient (Wildman–Crippen LogP) is 3.36. The summed E-state index contributed by atoms with van der Waals surface area (Å²) in [6.07, 6.45) is -0.903. The van der Waals surface area contributed by atoms with Gasteiger partial charge in [0.05, 0.1) is 11.5 Å². The van der Waals surface area contributed by atoms with Crippen LogP contribution in [0.3, 0.4) is 0 Å². The summed E-state index contributed by atoms with van der Waals surface area (Å²) in [4.78, 5) is 26.2. The molecule has 2 aromatic rings. The van der Waals surface area contributed by atoms with Crippen LogP contribution in [-0.4, -0.2) is 29.0 Å². The van der Waals surface area contributed by atoms with Gasteiger partial charge in [-0.1, -0.05) is 48.5 Å². The van der Waals surface area contributed by atoms with E-state index in [0.717, 1.165) is 0 Å². The van der Waals surface area contributed by atoms with Crippen LogP contribution in [-0.2, 0) is 20.4 Å². The summed E-state index contributed by atoms with van der Waals surface area (Å²) in [5, 5.41) is 0. The number of ether oxygens (including phenoxy) is 1. The molecule has 0 N–H and O–H groups in total. The average molecular weight is 333 g/mol. The first-order valence-corrected chi connectivity index (χ1v) is 8.62. The van der Waals surface area contributed by atoms with E-state index in [2.05, 4.69) is 38.1 Å². The molecule has 1 saturated heterocycles. The van der Waals surface area contributed by atoms with E-state index in [-0.39, 0.29) is 18.1 Å². The van der Waals surface area contributed by atoms with Gasteiger partial charge in [0, 0.05) is 12.3 Å². The van der Waals surface area contributed by atoms with Gasteiger partial charge in [-0.25, -0.2) is 9.69 Å². The lowest BCUT2D eigenvalue weighted by atomic mass is 9.47. The van der Waals surface area contributed by atoms with Crippen molar-refractivity contribution in [2.45, 2.75) is 43.7 Å². The summed E-state index contributed by atoms with van der Waals surface area (Å²) in [7, 11) is 0. The number of carbonyl (C=O) groups excluding carboxylic acids is 2. The van der Waals surface area contributed by atoms with Crippen LogP contribution in [0, 0.1) is 0 Å². The summed E-state index contributed by atoms with van der Waals surface area (Å²) in [5.41, 5.74) is 3.80. The predicted molar refractivity (Wildman–Crippen MR) is 92.4 cm³/mol. The van der Waals surface area contributed by atoms with Crippen LogP contribution < -0.4 is 0 Å². The van der Waals surface area contributed by atoms with E-state index in [1.54, 1.807) is 0 Å². The maximum Gasteiger partial charge on any atom is 0.417 e. The van der Waals surface area contributed by atoms with E-state index in [4.69, 9.17) is 4.74 Å². The van der Waals surface area contributed by atoms with E-state index in [1.807, 2.05) is 24.3 Å². The van der Waals surface area contributed by atoms with Crippen LogP contribution in [0.2, 0.25) is 0 Å². The zero-order chi connectivity index (χ0) is 17.6. The van der Waals surface area contributed by atoms with Crippen LogP contribution in [0.4, 0.5) is 4.79 Å². The molecule has 4 nitrogen and oxygen atoms in total. The first-order chi connectivity index (χ1) is 11.9. The van der Waals surface area contributed by atoms with E-state index in [1.165, 1.54) is 34.1 Å². The molecular formula is C21H19NO3.